The van der Waals surface area contributed by atoms with Crippen LogP contribution in [0.2, 0.25) is 18.1 Å². The molecule has 0 aromatic rings. The molecule has 0 spiro atoms. The van der Waals surface area contributed by atoms with Crippen LogP contribution in [0.25, 0.3) is 0 Å². The van der Waals surface area contributed by atoms with Crippen molar-refractivity contribution in [2.24, 2.45) is 0 Å². The molecule has 4 atom stereocenters. The standard InChI is InChI=1S/C16H31NO5Si.C6H9NO5/c1-15(2,3)21-14(20)17-10-11(9-12(17)13(18)19)22-23(7,8)16(4,5)6;8-3-1-4(5(9)10)7(2-3)6(11)12/h11-12H,9-10H2,1-8H3,(H,18,19);3-4,8H,1-2H2,(H,9,10)(H,11,12)/t11-,12-;3-,4-/m11/s1. The fourth-order valence-electron chi connectivity index (χ4n) is 3.49. The van der Waals surface area contributed by atoms with Crippen LogP contribution >= 0.6 is 0 Å². The van der Waals surface area contributed by atoms with Crippen LogP contribution in [0.3, 0.4) is 0 Å². The molecule has 2 fully saturated rings. The number of rotatable bonds is 4. The fourth-order valence-corrected chi connectivity index (χ4v) is 4.85. The van der Waals surface area contributed by atoms with Gasteiger partial charge in [-0.15, -0.1) is 0 Å². The summed E-state index contributed by atoms with van der Waals surface area (Å²) in [6, 6.07) is -1.99. The summed E-state index contributed by atoms with van der Waals surface area (Å²) in [5.41, 5.74) is -0.654. The third-order valence-corrected chi connectivity index (χ3v) is 10.8. The molecule has 13 heteroatoms. The molecule has 2 aliphatic rings. The second-order valence-electron chi connectivity index (χ2n) is 11.4. The quantitative estimate of drug-likeness (QED) is 0.403. The van der Waals surface area contributed by atoms with Crippen LogP contribution in [0.4, 0.5) is 9.59 Å². The second-order valence-corrected chi connectivity index (χ2v) is 16.2. The number of nitrogens with zero attached hydrogens (tertiary/aromatic N) is 2. The third kappa shape index (κ3) is 8.65. The maximum atomic E-state index is 12.3. The number of aliphatic hydroxyl groups is 1. The molecule has 2 rings (SSSR count). The molecule has 0 saturated carbocycles. The highest BCUT2D eigenvalue weighted by Crippen LogP contribution is 2.39. The Kier molecular flexibility index (Phi) is 9.74. The van der Waals surface area contributed by atoms with Crippen molar-refractivity contribution in [3.8, 4) is 0 Å². The molecule has 2 heterocycles. The number of likely N-dealkylation sites (tertiary alicyclic amines) is 2. The lowest BCUT2D eigenvalue weighted by molar-refractivity contribution is -0.142. The van der Waals surface area contributed by atoms with Gasteiger partial charge >= 0.3 is 24.1 Å². The van der Waals surface area contributed by atoms with E-state index >= 15 is 0 Å². The summed E-state index contributed by atoms with van der Waals surface area (Å²) in [5, 5.41) is 35.5. The van der Waals surface area contributed by atoms with Gasteiger partial charge in [0.15, 0.2) is 8.32 Å². The van der Waals surface area contributed by atoms with E-state index in [2.05, 4.69) is 33.9 Å². The van der Waals surface area contributed by atoms with Crippen molar-refractivity contribution in [1.82, 2.24) is 9.80 Å². The molecular formula is C22H40N2O10Si. The van der Waals surface area contributed by atoms with Gasteiger partial charge in [-0.3, -0.25) is 9.80 Å². The van der Waals surface area contributed by atoms with Gasteiger partial charge in [0.2, 0.25) is 0 Å². The number of ether oxygens (including phenoxy) is 1. The Bertz CT molecular complexity index is 783. The third-order valence-electron chi connectivity index (χ3n) is 6.25. The van der Waals surface area contributed by atoms with Gasteiger partial charge < -0.3 is 29.6 Å². The number of hydrogen-bond donors (Lipinski definition) is 4. The van der Waals surface area contributed by atoms with Crippen LogP contribution in [0.15, 0.2) is 0 Å². The topological polar surface area (TPSA) is 174 Å². The van der Waals surface area contributed by atoms with Crippen molar-refractivity contribution < 1.29 is 48.8 Å². The minimum Gasteiger partial charge on any atom is -0.480 e. The van der Waals surface area contributed by atoms with Gasteiger partial charge in [0.1, 0.15) is 17.7 Å². The predicted octanol–water partition coefficient (Wildman–Crippen LogP) is 2.66. The van der Waals surface area contributed by atoms with Gasteiger partial charge in [-0.1, -0.05) is 20.8 Å². The van der Waals surface area contributed by atoms with E-state index in [-0.39, 0.29) is 30.7 Å². The van der Waals surface area contributed by atoms with E-state index in [0.29, 0.717) is 6.42 Å². The molecule has 4 N–H and O–H groups in total. The number of carbonyl (C=O) groups is 4. The number of carbonyl (C=O) groups excluding carboxylic acids is 1. The van der Waals surface area contributed by atoms with E-state index in [9.17, 15) is 24.3 Å². The lowest BCUT2D eigenvalue weighted by atomic mass is 10.2. The zero-order valence-corrected chi connectivity index (χ0v) is 22.8. The monoisotopic (exact) mass is 520 g/mol. The first kappa shape index (κ1) is 30.6. The Labute approximate surface area is 206 Å². The first-order valence-electron chi connectivity index (χ1n) is 11.5. The number of carboxylic acids is 2. The minimum absolute atomic E-state index is 0.0262. The van der Waals surface area contributed by atoms with E-state index in [0.717, 1.165) is 4.90 Å². The van der Waals surface area contributed by atoms with Crippen molar-refractivity contribution in [1.29, 1.82) is 0 Å². The fraction of sp³-hybridized carbons (Fsp3) is 0.818. The number of amides is 2. The zero-order chi connectivity index (χ0) is 27.5. The molecule has 12 nitrogen and oxygen atoms in total. The summed E-state index contributed by atoms with van der Waals surface area (Å²) >= 11 is 0. The molecule has 2 aliphatic heterocycles. The Hall–Kier alpha value is -2.38. The summed E-state index contributed by atoms with van der Waals surface area (Å²) < 4.78 is 11.6. The zero-order valence-electron chi connectivity index (χ0n) is 21.8. The highest BCUT2D eigenvalue weighted by atomic mass is 28.4. The molecule has 35 heavy (non-hydrogen) atoms. The van der Waals surface area contributed by atoms with Crippen molar-refractivity contribution in [2.75, 3.05) is 13.1 Å². The number of β-amino-alcohol motifs (C(OH)–C–C–N with tert-alkyl or cyclic N) is 1. The molecule has 0 unspecified atom stereocenters. The van der Waals surface area contributed by atoms with Gasteiger partial charge in [-0.05, 0) is 38.9 Å². The first-order valence-corrected chi connectivity index (χ1v) is 14.4. The van der Waals surface area contributed by atoms with Crippen LogP contribution in [0, 0.1) is 0 Å². The van der Waals surface area contributed by atoms with Gasteiger partial charge in [-0.25, -0.2) is 19.2 Å². The van der Waals surface area contributed by atoms with E-state index in [4.69, 9.17) is 24.5 Å². The van der Waals surface area contributed by atoms with E-state index in [1.807, 2.05) is 0 Å². The van der Waals surface area contributed by atoms with Crippen molar-refractivity contribution in [2.45, 2.75) is 102 Å². The van der Waals surface area contributed by atoms with E-state index in [1.165, 1.54) is 4.90 Å². The number of carboxylic acid groups (broad SMARTS) is 3. The Morgan fingerprint density at radius 3 is 1.69 bits per heavy atom. The molecule has 202 valence electrons. The molecule has 0 radical (unpaired) electrons. The Morgan fingerprint density at radius 1 is 0.829 bits per heavy atom. The van der Waals surface area contributed by atoms with Crippen molar-refractivity contribution >= 4 is 32.4 Å². The summed E-state index contributed by atoms with van der Waals surface area (Å²) in [6.07, 6.45) is -2.74. The van der Waals surface area contributed by atoms with E-state index < -0.39 is 56.2 Å². The maximum absolute atomic E-state index is 12.3. The van der Waals surface area contributed by atoms with Crippen LogP contribution in [0.1, 0.15) is 54.4 Å². The molecule has 2 amide bonds. The number of aliphatic carboxylic acids is 2. The van der Waals surface area contributed by atoms with Crippen molar-refractivity contribution in [3.05, 3.63) is 0 Å². The van der Waals surface area contributed by atoms with Crippen molar-refractivity contribution in [3.63, 3.8) is 0 Å². The van der Waals surface area contributed by atoms with E-state index in [1.54, 1.807) is 20.8 Å². The average Bonchev–Trinajstić information content (AvgIpc) is 3.23. The lowest BCUT2D eigenvalue weighted by Crippen LogP contribution is -2.45. The number of aliphatic hydroxyl groups excluding tert-OH is 1. The molecule has 0 aliphatic carbocycles. The maximum Gasteiger partial charge on any atom is 0.411 e. The smallest absolute Gasteiger partial charge is 0.411 e. The normalized spacial score (nSPS) is 25.1. The molecule has 0 aromatic carbocycles. The SMILES string of the molecule is CC(C)(C)OC(=O)N1C[C@H](O[Si](C)(C)C(C)(C)C)C[C@@H]1C(=O)O.O=C(O)[C@H]1C[C@@H](O)CN1C(=O)O. The Morgan fingerprint density at radius 2 is 1.31 bits per heavy atom. The highest BCUT2D eigenvalue weighted by Gasteiger charge is 2.46. The van der Waals surface area contributed by atoms with Crippen LogP contribution in [-0.2, 0) is 18.8 Å². The number of hydrogen-bond acceptors (Lipinski definition) is 7. The highest BCUT2D eigenvalue weighted by molar-refractivity contribution is 6.74. The van der Waals surface area contributed by atoms with Gasteiger partial charge in [0.05, 0.1) is 18.8 Å². The summed E-state index contributed by atoms with van der Waals surface area (Å²) in [7, 11) is -2.02. The largest absolute Gasteiger partial charge is 0.480 e. The predicted molar refractivity (Wildman–Crippen MR) is 128 cm³/mol. The minimum atomic E-state index is -2.02. The average molecular weight is 521 g/mol. The van der Waals surface area contributed by atoms with Gasteiger partial charge in [0.25, 0.3) is 0 Å². The Balaban J connectivity index is 0.000000427. The van der Waals surface area contributed by atoms with Gasteiger partial charge in [0, 0.05) is 19.4 Å². The van der Waals surface area contributed by atoms with Crippen LogP contribution in [-0.4, -0.2) is 106 Å². The second kappa shape index (κ2) is 11.1. The lowest BCUT2D eigenvalue weighted by Gasteiger charge is -2.38. The van der Waals surface area contributed by atoms with Crippen LogP contribution < -0.4 is 0 Å². The summed E-state index contributed by atoms with van der Waals surface area (Å²) in [6.45, 7) is 16.1. The van der Waals surface area contributed by atoms with Crippen LogP contribution in [0.5, 0.6) is 0 Å². The summed E-state index contributed by atoms with van der Waals surface area (Å²) in [5.74, 6) is -2.23. The first-order chi connectivity index (χ1) is 15.7. The molecular weight excluding hydrogens is 480 g/mol. The van der Waals surface area contributed by atoms with Gasteiger partial charge in [-0.2, -0.15) is 0 Å². The summed E-state index contributed by atoms with van der Waals surface area (Å²) in [4.78, 5) is 46.6. The molecule has 0 aromatic heterocycles. The molecule has 2 saturated heterocycles. The molecule has 0 bridgehead atoms.